The molecule has 36 heavy (non-hydrogen) atoms. The van der Waals surface area contributed by atoms with Gasteiger partial charge in [-0.2, -0.15) is 0 Å². The number of aliphatic hydroxyl groups is 2. The summed E-state index contributed by atoms with van der Waals surface area (Å²) in [5.74, 6) is -1.91. The largest absolute Gasteiger partial charge is 0.382 e. The summed E-state index contributed by atoms with van der Waals surface area (Å²) >= 11 is 0. The molecule has 2 unspecified atom stereocenters. The van der Waals surface area contributed by atoms with Crippen molar-refractivity contribution in [2.75, 3.05) is 27.2 Å². The van der Waals surface area contributed by atoms with Gasteiger partial charge in [-0.25, -0.2) is 5.01 Å². The van der Waals surface area contributed by atoms with Crippen molar-refractivity contribution in [1.82, 2.24) is 25.6 Å². The third-order valence-electron chi connectivity index (χ3n) is 5.84. The number of hydrazine groups is 1. The molecule has 0 bridgehead atoms. The summed E-state index contributed by atoms with van der Waals surface area (Å²) in [5, 5.41) is 27.9. The number of aryl methyl sites for hydroxylation is 1. The first-order valence-corrected chi connectivity index (χ1v) is 12.0. The minimum absolute atomic E-state index is 0.0185. The van der Waals surface area contributed by atoms with E-state index in [2.05, 4.69) is 26.7 Å². The number of para-hydroxylation sites is 1. The standard InChI is InChI=1S/C25H37N5O6/c1-17(31)10-13-28-25(36)24(35)23(34)21(32)9-6-12-27-22(33)11-14-30-19(16-29(3)26-2)15-18-7-4-5-8-20(18)30/h4-5,7-8,15,23-24,26,34-35H,6,9-14,16H2,1-3H3,(H,27,33)(H,28,36). The van der Waals surface area contributed by atoms with Crippen LogP contribution >= 0.6 is 0 Å². The molecule has 2 aromatic rings. The fourth-order valence-corrected chi connectivity index (χ4v) is 3.71. The van der Waals surface area contributed by atoms with Crippen LogP contribution in [0.1, 0.15) is 38.3 Å². The molecule has 2 amide bonds. The van der Waals surface area contributed by atoms with Crippen molar-refractivity contribution in [1.29, 1.82) is 0 Å². The number of amides is 2. The van der Waals surface area contributed by atoms with E-state index < -0.39 is 23.9 Å². The molecular formula is C25H37N5O6. The zero-order valence-electron chi connectivity index (χ0n) is 21.1. The predicted octanol–water partition coefficient (Wildman–Crippen LogP) is -0.120. The topological polar surface area (TPSA) is 153 Å². The molecule has 0 aliphatic carbocycles. The second-order valence-corrected chi connectivity index (χ2v) is 8.73. The molecule has 2 atom stereocenters. The molecule has 1 aromatic heterocycles. The number of aliphatic hydroxyl groups excluding tert-OH is 2. The van der Waals surface area contributed by atoms with Crippen molar-refractivity contribution in [3.63, 3.8) is 0 Å². The number of rotatable bonds is 16. The molecule has 0 saturated carbocycles. The van der Waals surface area contributed by atoms with E-state index in [0.29, 0.717) is 13.1 Å². The minimum atomic E-state index is -1.91. The molecule has 11 heteroatoms. The number of benzene rings is 1. The second-order valence-electron chi connectivity index (χ2n) is 8.73. The molecule has 1 heterocycles. The minimum Gasteiger partial charge on any atom is -0.382 e. The summed E-state index contributed by atoms with van der Waals surface area (Å²) in [4.78, 5) is 47.2. The van der Waals surface area contributed by atoms with Gasteiger partial charge in [-0.05, 0) is 37.9 Å². The number of carbonyl (C=O) groups is 4. The van der Waals surface area contributed by atoms with E-state index in [0.717, 1.165) is 16.6 Å². The van der Waals surface area contributed by atoms with E-state index in [9.17, 15) is 29.4 Å². The van der Waals surface area contributed by atoms with Gasteiger partial charge in [0.25, 0.3) is 5.91 Å². The first-order valence-electron chi connectivity index (χ1n) is 12.0. The monoisotopic (exact) mass is 503 g/mol. The zero-order valence-corrected chi connectivity index (χ0v) is 21.1. The van der Waals surface area contributed by atoms with Crippen molar-refractivity contribution < 1.29 is 29.4 Å². The first-order chi connectivity index (χ1) is 17.1. The molecule has 11 nitrogen and oxygen atoms in total. The molecule has 0 aliphatic heterocycles. The molecule has 0 radical (unpaired) electrons. The summed E-state index contributed by atoms with van der Waals surface area (Å²) in [6.45, 7) is 2.76. The van der Waals surface area contributed by atoms with Crippen molar-refractivity contribution in [3.05, 3.63) is 36.0 Å². The van der Waals surface area contributed by atoms with Crippen LogP contribution < -0.4 is 16.1 Å². The van der Waals surface area contributed by atoms with Crippen LogP contribution in [0.15, 0.2) is 30.3 Å². The van der Waals surface area contributed by atoms with Gasteiger partial charge in [-0.15, -0.1) is 0 Å². The second kappa shape index (κ2) is 14.4. The SMILES string of the molecule is CNN(C)Cc1cc2ccccc2n1CCC(=O)NCCCC(=O)C(O)C(O)C(=O)NCCC(C)=O. The van der Waals surface area contributed by atoms with Crippen molar-refractivity contribution in [2.24, 2.45) is 0 Å². The average molecular weight is 504 g/mol. The van der Waals surface area contributed by atoms with Crippen LogP contribution in [0, 0.1) is 0 Å². The highest BCUT2D eigenvalue weighted by molar-refractivity contribution is 5.92. The lowest BCUT2D eigenvalue weighted by molar-refractivity contribution is -0.144. The Hall–Kier alpha value is -3.12. The van der Waals surface area contributed by atoms with Gasteiger partial charge in [-0.3, -0.25) is 24.6 Å². The Balaban J connectivity index is 1.77. The van der Waals surface area contributed by atoms with Gasteiger partial charge in [0, 0.05) is 57.2 Å². The van der Waals surface area contributed by atoms with E-state index in [4.69, 9.17) is 0 Å². The van der Waals surface area contributed by atoms with Crippen molar-refractivity contribution in [2.45, 2.75) is 57.9 Å². The van der Waals surface area contributed by atoms with Gasteiger partial charge in [-0.1, -0.05) is 18.2 Å². The van der Waals surface area contributed by atoms with Crippen molar-refractivity contribution >= 4 is 34.3 Å². The molecule has 5 N–H and O–H groups in total. The molecule has 0 aliphatic rings. The lowest BCUT2D eigenvalue weighted by Crippen LogP contribution is -2.46. The number of aromatic nitrogens is 1. The van der Waals surface area contributed by atoms with Gasteiger partial charge in [0.1, 0.15) is 11.9 Å². The molecule has 0 fully saturated rings. The zero-order chi connectivity index (χ0) is 26.7. The maximum absolute atomic E-state index is 12.4. The van der Waals surface area contributed by atoms with Crippen LogP contribution in [0.3, 0.4) is 0 Å². The highest BCUT2D eigenvalue weighted by Gasteiger charge is 2.29. The van der Waals surface area contributed by atoms with E-state index >= 15 is 0 Å². The van der Waals surface area contributed by atoms with E-state index in [1.54, 1.807) is 0 Å². The molecule has 1 aromatic carbocycles. The van der Waals surface area contributed by atoms with E-state index in [1.165, 1.54) is 6.92 Å². The van der Waals surface area contributed by atoms with Crippen LogP contribution in [0.25, 0.3) is 10.9 Å². The van der Waals surface area contributed by atoms with Crippen LogP contribution in [0.2, 0.25) is 0 Å². The van der Waals surface area contributed by atoms with Gasteiger partial charge < -0.3 is 25.4 Å². The molecule has 0 saturated heterocycles. The molecule has 2 rings (SSSR count). The highest BCUT2D eigenvalue weighted by atomic mass is 16.3. The summed E-state index contributed by atoms with van der Waals surface area (Å²) in [6.07, 6.45) is -3.28. The number of ketones is 2. The Bertz CT molecular complexity index is 1050. The van der Waals surface area contributed by atoms with Gasteiger partial charge in [0.05, 0.1) is 6.54 Å². The van der Waals surface area contributed by atoms with Crippen LogP contribution in [-0.2, 0) is 32.3 Å². The molecule has 0 spiro atoms. The lowest BCUT2D eigenvalue weighted by atomic mass is 10.0. The predicted molar refractivity (Wildman–Crippen MR) is 135 cm³/mol. The average Bonchev–Trinajstić information content (AvgIpc) is 3.20. The summed E-state index contributed by atoms with van der Waals surface area (Å²) in [6, 6.07) is 10.1. The normalized spacial score (nSPS) is 12.9. The number of hydrogen-bond acceptors (Lipinski definition) is 8. The number of carbonyl (C=O) groups excluding carboxylic acids is 4. The number of fused-ring (bicyclic) bond motifs is 1. The Kier molecular flexibility index (Phi) is 11.7. The fourth-order valence-electron chi connectivity index (χ4n) is 3.71. The van der Waals surface area contributed by atoms with Crippen LogP contribution in [0.4, 0.5) is 0 Å². The third kappa shape index (κ3) is 8.83. The Morgan fingerprint density at radius 1 is 1.00 bits per heavy atom. The smallest absolute Gasteiger partial charge is 0.252 e. The fraction of sp³-hybridized carbons (Fsp3) is 0.520. The lowest BCUT2D eigenvalue weighted by Gasteiger charge is -2.17. The number of nitrogens with one attached hydrogen (secondary N) is 3. The van der Waals surface area contributed by atoms with Gasteiger partial charge in [0.2, 0.25) is 5.91 Å². The molecular weight excluding hydrogens is 466 g/mol. The van der Waals surface area contributed by atoms with Gasteiger partial charge in [0.15, 0.2) is 11.9 Å². The highest BCUT2D eigenvalue weighted by Crippen LogP contribution is 2.21. The maximum Gasteiger partial charge on any atom is 0.252 e. The maximum atomic E-state index is 12.4. The number of Topliss-reactive ketones (excluding diaryl/α,β-unsaturated/α-hetero) is 2. The Labute approximate surface area is 210 Å². The van der Waals surface area contributed by atoms with E-state index in [-0.39, 0.29) is 50.5 Å². The Morgan fingerprint density at radius 3 is 2.42 bits per heavy atom. The van der Waals surface area contributed by atoms with Crippen LogP contribution in [-0.4, -0.2) is 82.6 Å². The van der Waals surface area contributed by atoms with Crippen LogP contribution in [0.5, 0.6) is 0 Å². The quantitative estimate of drug-likeness (QED) is 0.157. The summed E-state index contributed by atoms with van der Waals surface area (Å²) in [7, 11) is 3.78. The van der Waals surface area contributed by atoms with E-state index in [1.807, 2.05) is 43.4 Å². The first kappa shape index (κ1) is 29.1. The number of nitrogens with zero attached hydrogens (tertiary/aromatic N) is 2. The third-order valence-corrected chi connectivity index (χ3v) is 5.84. The molecule has 198 valence electrons. The number of hydrogen-bond donors (Lipinski definition) is 5. The van der Waals surface area contributed by atoms with Gasteiger partial charge >= 0.3 is 0 Å². The summed E-state index contributed by atoms with van der Waals surface area (Å²) < 4.78 is 2.12. The Morgan fingerprint density at radius 2 is 1.72 bits per heavy atom. The summed E-state index contributed by atoms with van der Waals surface area (Å²) in [5.41, 5.74) is 5.20. The van der Waals surface area contributed by atoms with Crippen molar-refractivity contribution in [3.8, 4) is 0 Å².